The van der Waals surface area contributed by atoms with Gasteiger partial charge in [-0.05, 0) is 44.4 Å². The maximum atomic E-state index is 5.50. The quantitative estimate of drug-likeness (QED) is 0.853. The molecule has 1 N–H and O–H groups in total. The van der Waals surface area contributed by atoms with Gasteiger partial charge in [-0.2, -0.15) is 0 Å². The molecule has 3 heteroatoms. The highest BCUT2D eigenvalue weighted by Crippen LogP contribution is 2.30. The number of nitrogens with zero attached hydrogens (tertiary/aromatic N) is 1. The summed E-state index contributed by atoms with van der Waals surface area (Å²) in [7, 11) is 0. The summed E-state index contributed by atoms with van der Waals surface area (Å²) in [6.07, 6.45) is 13.0. The van der Waals surface area contributed by atoms with Crippen LogP contribution in [-0.2, 0) is 19.4 Å². The molecule has 1 fully saturated rings. The lowest BCUT2D eigenvalue weighted by molar-refractivity contribution is 0.350. The van der Waals surface area contributed by atoms with Gasteiger partial charge >= 0.3 is 0 Å². The fourth-order valence-electron chi connectivity index (χ4n) is 3.93. The Kier molecular flexibility index (Phi) is 4.77. The number of nitrogens with one attached hydrogen (secondary N) is 1. The third-order valence-electron chi connectivity index (χ3n) is 5.15. The summed E-state index contributed by atoms with van der Waals surface area (Å²) >= 11 is 0. The molecular formula is C17H28N2O. The van der Waals surface area contributed by atoms with Crippen LogP contribution in [0, 0.1) is 5.92 Å². The predicted molar refractivity (Wildman–Crippen MR) is 80.6 cm³/mol. The fraction of sp³-hybridized carbons (Fsp3) is 0.824. The molecule has 0 aromatic carbocycles. The number of aryl methyl sites for hydroxylation is 1. The van der Waals surface area contributed by atoms with E-state index in [9.17, 15) is 0 Å². The molecule has 2 atom stereocenters. The van der Waals surface area contributed by atoms with Crippen LogP contribution in [-0.4, -0.2) is 11.2 Å². The molecule has 0 saturated heterocycles. The molecule has 20 heavy (non-hydrogen) atoms. The molecule has 0 spiro atoms. The van der Waals surface area contributed by atoms with Crippen molar-refractivity contribution in [3.63, 3.8) is 0 Å². The lowest BCUT2D eigenvalue weighted by Gasteiger charge is -2.20. The molecular weight excluding hydrogens is 248 g/mol. The highest BCUT2D eigenvalue weighted by Gasteiger charge is 2.27. The van der Waals surface area contributed by atoms with Crippen molar-refractivity contribution in [3.05, 3.63) is 17.0 Å². The second kappa shape index (κ2) is 6.75. The van der Waals surface area contributed by atoms with Crippen molar-refractivity contribution in [2.24, 2.45) is 5.92 Å². The SMILES string of the molecule is CCCCC1CCCC1NCc1noc2c1CCCC2. The van der Waals surface area contributed by atoms with E-state index >= 15 is 0 Å². The zero-order valence-electron chi connectivity index (χ0n) is 12.8. The van der Waals surface area contributed by atoms with Crippen molar-refractivity contribution in [1.29, 1.82) is 0 Å². The molecule has 3 nitrogen and oxygen atoms in total. The van der Waals surface area contributed by atoms with Gasteiger partial charge in [-0.3, -0.25) is 0 Å². The fourth-order valence-corrected chi connectivity index (χ4v) is 3.93. The van der Waals surface area contributed by atoms with Crippen molar-refractivity contribution in [3.8, 4) is 0 Å². The van der Waals surface area contributed by atoms with Gasteiger partial charge in [0.05, 0.1) is 0 Å². The first-order chi connectivity index (χ1) is 9.88. The summed E-state index contributed by atoms with van der Waals surface area (Å²) < 4.78 is 5.50. The molecule has 0 amide bonds. The largest absolute Gasteiger partial charge is 0.361 e. The van der Waals surface area contributed by atoms with E-state index in [0.717, 1.165) is 24.6 Å². The zero-order valence-corrected chi connectivity index (χ0v) is 12.8. The molecule has 2 aliphatic carbocycles. The lowest BCUT2D eigenvalue weighted by Crippen LogP contribution is -2.32. The lowest BCUT2D eigenvalue weighted by atomic mass is 9.95. The zero-order chi connectivity index (χ0) is 13.8. The third-order valence-corrected chi connectivity index (χ3v) is 5.15. The summed E-state index contributed by atoms with van der Waals surface area (Å²) in [5.41, 5.74) is 2.59. The van der Waals surface area contributed by atoms with E-state index in [1.54, 1.807) is 0 Å². The first kappa shape index (κ1) is 14.1. The Bertz CT molecular complexity index is 427. The Morgan fingerprint density at radius 1 is 1.20 bits per heavy atom. The monoisotopic (exact) mass is 276 g/mol. The normalized spacial score (nSPS) is 25.9. The van der Waals surface area contributed by atoms with Crippen molar-refractivity contribution in [2.75, 3.05) is 0 Å². The summed E-state index contributed by atoms with van der Waals surface area (Å²) in [6.45, 7) is 3.20. The van der Waals surface area contributed by atoms with E-state index in [4.69, 9.17) is 4.52 Å². The van der Waals surface area contributed by atoms with Crippen LogP contribution in [0.1, 0.15) is 75.3 Å². The van der Waals surface area contributed by atoms with Gasteiger partial charge in [0, 0.05) is 24.6 Å². The molecule has 0 radical (unpaired) electrons. The highest BCUT2D eigenvalue weighted by atomic mass is 16.5. The predicted octanol–water partition coefficient (Wildman–Crippen LogP) is 4.00. The molecule has 1 saturated carbocycles. The summed E-state index contributed by atoms with van der Waals surface area (Å²) in [5.74, 6) is 2.04. The minimum absolute atomic E-state index is 0.706. The molecule has 1 aromatic heterocycles. The molecule has 0 aliphatic heterocycles. The standard InChI is InChI=1S/C17H28N2O/c1-2-3-7-13-8-6-10-15(13)18-12-16-14-9-4-5-11-17(14)20-19-16/h13,15,18H,2-12H2,1H3. The average Bonchev–Trinajstić information content (AvgIpc) is 3.09. The van der Waals surface area contributed by atoms with Crippen LogP contribution < -0.4 is 5.32 Å². The van der Waals surface area contributed by atoms with Gasteiger partial charge in [0.15, 0.2) is 0 Å². The molecule has 2 aliphatic rings. The van der Waals surface area contributed by atoms with Gasteiger partial charge in [-0.25, -0.2) is 0 Å². The Labute approximate surface area is 122 Å². The number of hydrogen-bond acceptors (Lipinski definition) is 3. The number of unbranched alkanes of at least 4 members (excludes halogenated alkanes) is 1. The maximum Gasteiger partial charge on any atom is 0.140 e. The van der Waals surface area contributed by atoms with Crippen molar-refractivity contribution < 1.29 is 4.52 Å². The van der Waals surface area contributed by atoms with Gasteiger partial charge in [-0.1, -0.05) is 31.3 Å². The number of hydrogen-bond donors (Lipinski definition) is 1. The van der Waals surface area contributed by atoms with Crippen LogP contribution in [0.15, 0.2) is 4.52 Å². The van der Waals surface area contributed by atoms with Gasteiger partial charge in [0.25, 0.3) is 0 Å². The van der Waals surface area contributed by atoms with Crippen molar-refractivity contribution >= 4 is 0 Å². The highest BCUT2D eigenvalue weighted by molar-refractivity contribution is 5.25. The molecule has 3 rings (SSSR count). The molecule has 2 unspecified atom stereocenters. The number of fused-ring (bicyclic) bond motifs is 1. The van der Waals surface area contributed by atoms with Crippen LogP contribution in [0.3, 0.4) is 0 Å². The van der Waals surface area contributed by atoms with Crippen molar-refractivity contribution in [1.82, 2.24) is 10.5 Å². The topological polar surface area (TPSA) is 38.1 Å². The Morgan fingerprint density at radius 2 is 2.10 bits per heavy atom. The smallest absolute Gasteiger partial charge is 0.140 e. The Balaban J connectivity index is 1.55. The first-order valence-electron chi connectivity index (χ1n) is 8.58. The Morgan fingerprint density at radius 3 is 3.00 bits per heavy atom. The molecule has 1 heterocycles. The van der Waals surface area contributed by atoms with E-state index in [1.807, 2.05) is 0 Å². The summed E-state index contributed by atoms with van der Waals surface area (Å²) in [5, 5.41) is 8.08. The Hall–Kier alpha value is -0.830. The molecule has 1 aromatic rings. The van der Waals surface area contributed by atoms with Gasteiger partial charge in [0.2, 0.25) is 0 Å². The van der Waals surface area contributed by atoms with E-state index in [1.165, 1.54) is 69.0 Å². The van der Waals surface area contributed by atoms with Crippen LogP contribution >= 0.6 is 0 Å². The summed E-state index contributed by atoms with van der Waals surface area (Å²) in [6, 6.07) is 0.706. The van der Waals surface area contributed by atoms with E-state index in [-0.39, 0.29) is 0 Å². The number of rotatable bonds is 6. The molecule has 112 valence electrons. The van der Waals surface area contributed by atoms with E-state index in [2.05, 4.69) is 17.4 Å². The third kappa shape index (κ3) is 3.08. The van der Waals surface area contributed by atoms with Gasteiger partial charge < -0.3 is 9.84 Å². The molecule has 0 bridgehead atoms. The minimum Gasteiger partial charge on any atom is -0.361 e. The van der Waals surface area contributed by atoms with Gasteiger partial charge in [-0.15, -0.1) is 0 Å². The van der Waals surface area contributed by atoms with E-state index in [0.29, 0.717) is 6.04 Å². The van der Waals surface area contributed by atoms with Crippen LogP contribution in [0.2, 0.25) is 0 Å². The first-order valence-corrected chi connectivity index (χ1v) is 8.58. The second-order valence-electron chi connectivity index (χ2n) is 6.56. The number of aromatic nitrogens is 1. The second-order valence-corrected chi connectivity index (χ2v) is 6.56. The van der Waals surface area contributed by atoms with Crippen LogP contribution in [0.4, 0.5) is 0 Å². The summed E-state index contributed by atoms with van der Waals surface area (Å²) in [4.78, 5) is 0. The average molecular weight is 276 g/mol. The van der Waals surface area contributed by atoms with Gasteiger partial charge in [0.1, 0.15) is 11.5 Å². The van der Waals surface area contributed by atoms with Crippen LogP contribution in [0.5, 0.6) is 0 Å². The minimum atomic E-state index is 0.706. The van der Waals surface area contributed by atoms with Crippen molar-refractivity contribution in [2.45, 2.75) is 83.7 Å². The van der Waals surface area contributed by atoms with Crippen LogP contribution in [0.25, 0.3) is 0 Å². The maximum absolute atomic E-state index is 5.50. The van der Waals surface area contributed by atoms with E-state index < -0.39 is 0 Å².